The summed E-state index contributed by atoms with van der Waals surface area (Å²) in [4.78, 5) is 14.8. The van der Waals surface area contributed by atoms with Crippen molar-refractivity contribution in [3.8, 4) is 0 Å². The normalized spacial score (nSPS) is 27.4. The molecule has 1 aliphatic heterocycles. The lowest BCUT2D eigenvalue weighted by Gasteiger charge is -2.49. The van der Waals surface area contributed by atoms with E-state index in [2.05, 4.69) is 44.3 Å². The molecular weight excluding hydrogens is 449 g/mol. The van der Waals surface area contributed by atoms with Crippen LogP contribution in [0.1, 0.15) is 69.6 Å². The second-order valence-corrected chi connectivity index (χ2v) is 10.1. The fourth-order valence-corrected chi connectivity index (χ4v) is 5.41. The first-order valence-corrected chi connectivity index (χ1v) is 12.0. The number of methoxy groups -OCH3 is 1. The third-order valence-corrected chi connectivity index (χ3v) is 7.54. The summed E-state index contributed by atoms with van der Waals surface area (Å²) in [5.41, 5.74) is 1.73. The maximum absolute atomic E-state index is 13.8. The molecule has 0 spiro atoms. The molecule has 1 amide bonds. The summed E-state index contributed by atoms with van der Waals surface area (Å²) >= 11 is 5.42. The topological polar surface area (TPSA) is 41.6 Å². The summed E-state index contributed by atoms with van der Waals surface area (Å²) in [7, 11) is 1.74. The molecule has 0 bridgehead atoms. The number of thiocarbonyl (C=S) groups is 1. The van der Waals surface area contributed by atoms with E-state index < -0.39 is 24.7 Å². The second-order valence-electron chi connectivity index (χ2n) is 9.71. The van der Waals surface area contributed by atoms with Crippen LogP contribution in [0.3, 0.4) is 0 Å². The summed E-state index contributed by atoms with van der Waals surface area (Å²) in [5, 5.41) is 3.52. The van der Waals surface area contributed by atoms with Crippen LogP contribution in [0.25, 0.3) is 0 Å². The first kappa shape index (κ1) is 27.6. The number of hydrogen-bond donors (Lipinski definition) is 1. The Morgan fingerprint density at radius 2 is 1.85 bits per heavy atom. The molecule has 1 unspecified atom stereocenters. The van der Waals surface area contributed by atoms with Gasteiger partial charge in [-0.15, -0.1) is 0 Å². The predicted octanol–water partition coefficient (Wildman–Crippen LogP) is 5.90. The van der Waals surface area contributed by atoms with Crippen molar-refractivity contribution in [2.24, 2.45) is 11.3 Å². The third-order valence-electron chi connectivity index (χ3n) is 7.22. The third kappa shape index (κ3) is 5.53. The van der Waals surface area contributed by atoms with Gasteiger partial charge in [0.25, 0.3) is 5.91 Å². The lowest BCUT2D eigenvalue weighted by Crippen LogP contribution is -2.58. The monoisotopic (exact) mass is 486 g/mol. The molecule has 1 heterocycles. The van der Waals surface area contributed by atoms with Crippen molar-refractivity contribution in [1.29, 1.82) is 0 Å². The van der Waals surface area contributed by atoms with Gasteiger partial charge in [0.1, 0.15) is 0 Å². The first-order valence-electron chi connectivity index (χ1n) is 11.5. The van der Waals surface area contributed by atoms with E-state index in [1.807, 2.05) is 6.92 Å². The highest BCUT2D eigenvalue weighted by Crippen LogP contribution is 2.53. The number of nitrogens with zero attached hydrogens (tertiary/aromatic N) is 1. The molecule has 8 heteroatoms. The molecule has 1 saturated heterocycles. The second kappa shape index (κ2) is 11.6. The quantitative estimate of drug-likeness (QED) is 0.385. The van der Waals surface area contributed by atoms with Crippen LogP contribution in [0.2, 0.25) is 0 Å². The molecule has 1 aromatic rings. The SMILES string of the molecule is COC1CCC(C)(C2(c3cc(CCC(C)C)ccc3C)NC(=S)N(CF)C2=O)CC1.FCF. The average Bonchev–Trinajstić information content (AvgIpc) is 3.04. The smallest absolute Gasteiger partial charge is 0.261 e. The van der Waals surface area contributed by atoms with E-state index in [9.17, 15) is 18.0 Å². The van der Waals surface area contributed by atoms with Gasteiger partial charge in [0.05, 0.1) is 6.10 Å². The number of benzene rings is 1. The Bertz CT molecular complexity index is 828. The predicted molar refractivity (Wildman–Crippen MR) is 129 cm³/mol. The van der Waals surface area contributed by atoms with Crippen LogP contribution in [-0.4, -0.2) is 42.9 Å². The minimum atomic E-state index is -1.75. The zero-order chi connectivity index (χ0) is 24.8. The van der Waals surface area contributed by atoms with Crippen LogP contribution in [0.5, 0.6) is 0 Å². The maximum Gasteiger partial charge on any atom is 0.261 e. The largest absolute Gasteiger partial charge is 0.381 e. The van der Waals surface area contributed by atoms with Gasteiger partial charge in [-0.25, -0.2) is 13.2 Å². The van der Waals surface area contributed by atoms with Gasteiger partial charge in [-0.3, -0.25) is 9.69 Å². The van der Waals surface area contributed by atoms with Crippen LogP contribution in [0.15, 0.2) is 18.2 Å². The van der Waals surface area contributed by atoms with E-state index in [4.69, 9.17) is 17.0 Å². The van der Waals surface area contributed by atoms with Crippen molar-refractivity contribution in [3.63, 3.8) is 0 Å². The Morgan fingerprint density at radius 3 is 2.33 bits per heavy atom. The average molecular weight is 487 g/mol. The fraction of sp³-hybridized carbons (Fsp3) is 0.680. The van der Waals surface area contributed by atoms with E-state index in [1.165, 1.54) is 5.56 Å². The minimum Gasteiger partial charge on any atom is -0.381 e. The van der Waals surface area contributed by atoms with E-state index in [-0.39, 0.29) is 17.1 Å². The number of aryl methyl sites for hydroxylation is 2. The lowest BCUT2D eigenvalue weighted by atomic mass is 9.59. The summed E-state index contributed by atoms with van der Waals surface area (Å²) in [6.45, 7) is 5.95. The van der Waals surface area contributed by atoms with E-state index in [0.29, 0.717) is 5.92 Å². The summed E-state index contributed by atoms with van der Waals surface area (Å²) in [5.74, 6) is 0.337. The number of carbonyl (C=O) groups excluding carboxylic acids is 1. The highest BCUT2D eigenvalue weighted by atomic mass is 32.1. The molecular formula is C25H37F3N2O2S. The van der Waals surface area contributed by atoms with Crippen molar-refractivity contribution in [3.05, 3.63) is 34.9 Å². The standard InChI is InChI=1S/C24H35FN2O2S.CH2F2/c1-16(2)6-8-18-9-7-17(3)20(14-18)24(21(28)27(15-25)22(30)26-24)23(4)12-10-19(29-5)11-13-23;2-1-3/h7,9,14,16,19H,6,8,10-13,15H2,1-5H3,(H,26,30);1H2. The van der Waals surface area contributed by atoms with Gasteiger partial charge >= 0.3 is 0 Å². The minimum absolute atomic E-state index is 0.185. The Morgan fingerprint density at radius 1 is 1.24 bits per heavy atom. The lowest BCUT2D eigenvalue weighted by molar-refractivity contribution is -0.140. The molecule has 0 aromatic heterocycles. The molecule has 1 atom stereocenters. The van der Waals surface area contributed by atoms with E-state index in [1.54, 1.807) is 7.11 Å². The number of halogens is 3. The number of amides is 1. The first-order chi connectivity index (χ1) is 15.6. The van der Waals surface area contributed by atoms with Gasteiger partial charge in [-0.2, -0.15) is 0 Å². The van der Waals surface area contributed by atoms with Crippen molar-refractivity contribution < 1.29 is 22.7 Å². The molecule has 1 aromatic carbocycles. The van der Waals surface area contributed by atoms with Crippen LogP contribution < -0.4 is 5.32 Å². The molecule has 1 N–H and O–H groups in total. The van der Waals surface area contributed by atoms with Gasteiger partial charge in [0.2, 0.25) is 6.93 Å². The highest BCUT2D eigenvalue weighted by Gasteiger charge is 2.62. The maximum atomic E-state index is 13.8. The molecule has 1 saturated carbocycles. The number of hydrogen-bond acceptors (Lipinski definition) is 3. The summed E-state index contributed by atoms with van der Waals surface area (Å²) < 4.78 is 38.6. The number of nitrogens with one attached hydrogen (secondary N) is 1. The molecule has 2 fully saturated rings. The fourth-order valence-electron chi connectivity index (χ4n) is 5.12. The number of alkyl halides is 3. The van der Waals surface area contributed by atoms with E-state index >= 15 is 0 Å². The van der Waals surface area contributed by atoms with Gasteiger partial charge in [0, 0.05) is 12.5 Å². The zero-order valence-electron chi connectivity index (χ0n) is 20.3. The van der Waals surface area contributed by atoms with Crippen molar-refractivity contribution >= 4 is 23.2 Å². The number of carbonyl (C=O) groups is 1. The zero-order valence-corrected chi connectivity index (χ0v) is 21.2. The molecule has 33 heavy (non-hydrogen) atoms. The Kier molecular flexibility index (Phi) is 9.73. The van der Waals surface area contributed by atoms with Gasteiger partial charge < -0.3 is 10.1 Å². The van der Waals surface area contributed by atoms with Crippen LogP contribution >= 0.6 is 12.2 Å². The molecule has 3 rings (SSSR count). The van der Waals surface area contributed by atoms with Crippen LogP contribution in [0, 0.1) is 18.3 Å². The Hall–Kier alpha value is -1.67. The van der Waals surface area contributed by atoms with Crippen LogP contribution in [0.4, 0.5) is 13.2 Å². The van der Waals surface area contributed by atoms with Gasteiger partial charge in [-0.05, 0) is 80.3 Å². The van der Waals surface area contributed by atoms with Crippen molar-refractivity contribution in [1.82, 2.24) is 10.2 Å². The van der Waals surface area contributed by atoms with Crippen molar-refractivity contribution in [2.75, 3.05) is 20.8 Å². The van der Waals surface area contributed by atoms with Gasteiger partial charge in [0.15, 0.2) is 17.4 Å². The van der Waals surface area contributed by atoms with Gasteiger partial charge in [-0.1, -0.05) is 39.0 Å². The molecule has 2 aliphatic rings. The van der Waals surface area contributed by atoms with E-state index in [0.717, 1.165) is 54.6 Å². The molecule has 0 radical (unpaired) electrons. The number of ether oxygens (including phenoxy) is 1. The summed E-state index contributed by atoms with van der Waals surface area (Å²) in [6.07, 6.45) is 5.60. The molecule has 1 aliphatic carbocycles. The summed E-state index contributed by atoms with van der Waals surface area (Å²) in [6, 6.07) is 6.39. The molecule has 4 nitrogen and oxygen atoms in total. The Labute approximate surface area is 201 Å². The molecule has 186 valence electrons. The Balaban J connectivity index is 0.00000122. The highest BCUT2D eigenvalue weighted by molar-refractivity contribution is 7.80. The van der Waals surface area contributed by atoms with Crippen molar-refractivity contribution in [2.45, 2.75) is 77.9 Å². The van der Waals surface area contributed by atoms with Crippen LogP contribution in [-0.2, 0) is 21.5 Å². The number of rotatable bonds is 7.